The van der Waals surface area contributed by atoms with Gasteiger partial charge in [0.15, 0.2) is 0 Å². The number of carbonyl (C=O) groups excluding carboxylic acids is 1. The molecule has 1 saturated carbocycles. The average molecular weight is 339 g/mol. The molecule has 0 bridgehead atoms. The Hall–Kier alpha value is -1.76. The van der Waals surface area contributed by atoms with E-state index in [4.69, 9.17) is 4.74 Å². The van der Waals surface area contributed by atoms with Crippen LogP contribution in [0.5, 0.6) is 0 Å². The number of rotatable bonds is 3. The van der Waals surface area contributed by atoms with Crippen molar-refractivity contribution in [2.24, 2.45) is 5.92 Å². The Morgan fingerprint density at radius 2 is 2.12 bits per heavy atom. The van der Waals surface area contributed by atoms with Crippen LogP contribution in [0.25, 0.3) is 0 Å². The monoisotopic (exact) mass is 339 g/mol. The molecule has 1 unspecified atom stereocenters. The van der Waals surface area contributed by atoms with Gasteiger partial charge >= 0.3 is 0 Å². The van der Waals surface area contributed by atoms with Crippen LogP contribution in [0.3, 0.4) is 0 Å². The number of hydrogen-bond acceptors (Lipinski definition) is 4. The highest BCUT2D eigenvalue weighted by molar-refractivity contribution is 5.79. The van der Waals surface area contributed by atoms with Crippen LogP contribution < -0.4 is 5.32 Å². The maximum atomic E-state index is 13.3. The summed E-state index contributed by atoms with van der Waals surface area (Å²) in [6, 6.07) is 5.62. The molecule has 24 heavy (non-hydrogen) atoms. The third-order valence-electron chi connectivity index (χ3n) is 4.80. The molecule has 0 spiro atoms. The average Bonchev–Trinajstić information content (AvgIpc) is 2.61. The number of morpholine rings is 1. The molecule has 2 fully saturated rings. The van der Waals surface area contributed by atoms with Crippen molar-refractivity contribution in [3.8, 4) is 0 Å². The maximum Gasteiger partial charge on any atom is 0.248 e. The number of nitrogens with zero attached hydrogens (tertiary/aromatic N) is 2. The summed E-state index contributed by atoms with van der Waals surface area (Å²) in [5.74, 6) is -2.18. The summed E-state index contributed by atoms with van der Waals surface area (Å²) >= 11 is 0. The van der Waals surface area contributed by atoms with Gasteiger partial charge in [0.25, 0.3) is 0 Å². The first kappa shape index (κ1) is 17.1. The van der Waals surface area contributed by atoms with Crippen molar-refractivity contribution in [2.75, 3.05) is 32.1 Å². The standard InChI is InChI=1S/C17H23F2N3O2/c1-20-15-4-2-3-13(21-15)14-11-22(9-10-24-14)16(23)12-5-7-17(18,19)8-6-12/h2-4,12,14H,5-11H2,1H3,(H,20,21). The van der Waals surface area contributed by atoms with Gasteiger partial charge in [0, 0.05) is 32.4 Å². The van der Waals surface area contributed by atoms with Crippen LogP contribution in [-0.4, -0.2) is 48.5 Å². The maximum absolute atomic E-state index is 13.3. The summed E-state index contributed by atoms with van der Waals surface area (Å²) in [5, 5.41) is 2.98. The molecule has 1 aromatic heterocycles. The minimum absolute atomic E-state index is 0.0245. The minimum Gasteiger partial charge on any atom is -0.373 e. The molecule has 132 valence electrons. The Labute approximate surface area is 140 Å². The zero-order valence-corrected chi connectivity index (χ0v) is 13.8. The van der Waals surface area contributed by atoms with E-state index >= 15 is 0 Å². The molecule has 1 saturated heterocycles. The Balaban J connectivity index is 1.63. The predicted molar refractivity (Wildman–Crippen MR) is 86.0 cm³/mol. The fourth-order valence-electron chi connectivity index (χ4n) is 3.34. The molecule has 2 aliphatic rings. The predicted octanol–water partition coefficient (Wildman–Crippen LogP) is 2.85. The second kappa shape index (κ2) is 7.01. The topological polar surface area (TPSA) is 54.5 Å². The highest BCUT2D eigenvalue weighted by Crippen LogP contribution is 2.37. The number of pyridine rings is 1. The van der Waals surface area contributed by atoms with Crippen molar-refractivity contribution in [2.45, 2.75) is 37.7 Å². The van der Waals surface area contributed by atoms with Gasteiger partial charge in [0.05, 0.1) is 18.8 Å². The number of ether oxygens (including phenoxy) is 1. The lowest BCUT2D eigenvalue weighted by molar-refractivity contribution is -0.147. The molecule has 1 aromatic rings. The lowest BCUT2D eigenvalue weighted by atomic mass is 9.85. The van der Waals surface area contributed by atoms with Crippen LogP contribution >= 0.6 is 0 Å². The Kier molecular flexibility index (Phi) is 4.99. The van der Waals surface area contributed by atoms with Gasteiger partial charge in [0.1, 0.15) is 11.9 Å². The second-order valence-corrected chi connectivity index (χ2v) is 6.47. The molecule has 1 amide bonds. The molecule has 1 atom stereocenters. The van der Waals surface area contributed by atoms with E-state index in [0.717, 1.165) is 11.5 Å². The van der Waals surface area contributed by atoms with Gasteiger partial charge in [-0.3, -0.25) is 4.79 Å². The van der Waals surface area contributed by atoms with Crippen molar-refractivity contribution in [3.05, 3.63) is 23.9 Å². The van der Waals surface area contributed by atoms with E-state index in [2.05, 4.69) is 10.3 Å². The highest BCUT2D eigenvalue weighted by Gasteiger charge is 2.39. The Bertz CT molecular complexity index is 587. The van der Waals surface area contributed by atoms with E-state index in [0.29, 0.717) is 19.7 Å². The van der Waals surface area contributed by atoms with Gasteiger partial charge in [0.2, 0.25) is 11.8 Å². The molecule has 1 N–H and O–H groups in total. The SMILES string of the molecule is CNc1cccc(C2CN(C(=O)C3CCC(F)(F)CC3)CCO2)n1. The van der Waals surface area contributed by atoms with Crippen molar-refractivity contribution < 1.29 is 18.3 Å². The van der Waals surface area contributed by atoms with Crippen LogP contribution in [0.15, 0.2) is 18.2 Å². The van der Waals surface area contributed by atoms with Crippen LogP contribution in [0.2, 0.25) is 0 Å². The van der Waals surface area contributed by atoms with E-state index < -0.39 is 5.92 Å². The Morgan fingerprint density at radius 3 is 2.83 bits per heavy atom. The van der Waals surface area contributed by atoms with Crippen molar-refractivity contribution in [3.63, 3.8) is 0 Å². The van der Waals surface area contributed by atoms with Crippen molar-refractivity contribution >= 4 is 11.7 Å². The molecule has 5 nitrogen and oxygen atoms in total. The summed E-state index contributed by atoms with van der Waals surface area (Å²) in [7, 11) is 1.79. The van der Waals surface area contributed by atoms with Crippen molar-refractivity contribution in [1.29, 1.82) is 0 Å². The smallest absolute Gasteiger partial charge is 0.248 e. The first-order valence-electron chi connectivity index (χ1n) is 8.41. The molecule has 7 heteroatoms. The van der Waals surface area contributed by atoms with Gasteiger partial charge < -0.3 is 15.0 Å². The summed E-state index contributed by atoms with van der Waals surface area (Å²) < 4.78 is 32.3. The first-order chi connectivity index (χ1) is 11.5. The van der Waals surface area contributed by atoms with Crippen LogP contribution in [0.4, 0.5) is 14.6 Å². The second-order valence-electron chi connectivity index (χ2n) is 6.47. The third kappa shape index (κ3) is 3.83. The zero-order valence-electron chi connectivity index (χ0n) is 13.8. The largest absolute Gasteiger partial charge is 0.373 e. The molecule has 0 aromatic carbocycles. The van der Waals surface area contributed by atoms with Gasteiger partial charge in [-0.2, -0.15) is 0 Å². The highest BCUT2D eigenvalue weighted by atomic mass is 19.3. The number of hydrogen-bond donors (Lipinski definition) is 1. The molecule has 3 rings (SSSR count). The lowest BCUT2D eigenvalue weighted by Gasteiger charge is -2.36. The third-order valence-corrected chi connectivity index (χ3v) is 4.80. The lowest BCUT2D eigenvalue weighted by Crippen LogP contribution is -2.46. The number of aromatic nitrogens is 1. The Morgan fingerprint density at radius 1 is 1.38 bits per heavy atom. The van der Waals surface area contributed by atoms with E-state index in [-0.39, 0.29) is 43.6 Å². The molecule has 1 aliphatic heterocycles. The fourth-order valence-corrected chi connectivity index (χ4v) is 3.34. The molecule has 0 radical (unpaired) electrons. The fraction of sp³-hybridized carbons (Fsp3) is 0.647. The zero-order chi connectivity index (χ0) is 17.2. The quantitative estimate of drug-likeness (QED) is 0.920. The van der Waals surface area contributed by atoms with Crippen LogP contribution in [-0.2, 0) is 9.53 Å². The number of halogens is 2. The van der Waals surface area contributed by atoms with E-state index in [1.807, 2.05) is 18.2 Å². The van der Waals surface area contributed by atoms with Crippen molar-refractivity contribution in [1.82, 2.24) is 9.88 Å². The number of amides is 1. The number of alkyl halides is 2. The summed E-state index contributed by atoms with van der Waals surface area (Å²) in [4.78, 5) is 18.9. The minimum atomic E-state index is -2.61. The van der Waals surface area contributed by atoms with Gasteiger partial charge in [-0.05, 0) is 25.0 Å². The van der Waals surface area contributed by atoms with Crippen LogP contribution in [0.1, 0.15) is 37.5 Å². The normalized spacial score (nSPS) is 24.6. The molecule has 2 heterocycles. The first-order valence-corrected chi connectivity index (χ1v) is 8.41. The number of anilines is 1. The number of carbonyl (C=O) groups is 1. The van der Waals surface area contributed by atoms with Gasteiger partial charge in [-0.15, -0.1) is 0 Å². The van der Waals surface area contributed by atoms with E-state index in [1.165, 1.54) is 0 Å². The van der Waals surface area contributed by atoms with E-state index in [9.17, 15) is 13.6 Å². The number of nitrogens with one attached hydrogen (secondary N) is 1. The summed E-state index contributed by atoms with van der Waals surface area (Å²) in [6.45, 7) is 1.37. The summed E-state index contributed by atoms with van der Waals surface area (Å²) in [5.41, 5.74) is 0.773. The molecular weight excluding hydrogens is 316 g/mol. The molecule has 1 aliphatic carbocycles. The summed E-state index contributed by atoms with van der Waals surface area (Å²) in [6.07, 6.45) is -0.129. The van der Waals surface area contributed by atoms with Crippen LogP contribution in [0, 0.1) is 5.92 Å². The molecular formula is C17H23F2N3O2. The van der Waals surface area contributed by atoms with Gasteiger partial charge in [-0.1, -0.05) is 6.07 Å². The van der Waals surface area contributed by atoms with E-state index in [1.54, 1.807) is 11.9 Å². The van der Waals surface area contributed by atoms with Gasteiger partial charge in [-0.25, -0.2) is 13.8 Å².